The number of halogens is 2. The van der Waals surface area contributed by atoms with E-state index in [1.54, 1.807) is 30.3 Å². The highest BCUT2D eigenvalue weighted by Gasteiger charge is 2.30. The first-order valence-electron chi connectivity index (χ1n) is 7.78. The quantitative estimate of drug-likeness (QED) is 0.631. The number of ether oxygens (including phenoxy) is 2. The molecule has 9 heteroatoms. The molecule has 2 aromatic carbocycles. The number of hydrogen-bond acceptors (Lipinski definition) is 5. The zero-order valence-electron chi connectivity index (χ0n) is 14.5. The molecular formula is C18H18Cl2N2O5. The third-order valence-electron chi connectivity index (χ3n) is 3.69. The lowest BCUT2D eigenvalue weighted by molar-refractivity contribution is -0.145. The second-order valence-electron chi connectivity index (χ2n) is 5.45. The lowest BCUT2D eigenvalue weighted by Gasteiger charge is -2.22. The van der Waals surface area contributed by atoms with Gasteiger partial charge in [-0.3, -0.25) is 0 Å². The Morgan fingerprint density at radius 2 is 1.70 bits per heavy atom. The highest BCUT2D eigenvalue weighted by Crippen LogP contribution is 2.25. The fourth-order valence-electron chi connectivity index (χ4n) is 2.27. The van der Waals surface area contributed by atoms with Gasteiger partial charge < -0.3 is 25.2 Å². The number of benzene rings is 2. The van der Waals surface area contributed by atoms with Gasteiger partial charge in [0.05, 0.1) is 24.3 Å². The Labute approximate surface area is 166 Å². The summed E-state index contributed by atoms with van der Waals surface area (Å²) in [4.78, 5) is 24.3. The van der Waals surface area contributed by atoms with Crippen LogP contribution in [0.2, 0.25) is 10.0 Å². The van der Waals surface area contributed by atoms with Crippen LogP contribution in [0.1, 0.15) is 11.7 Å². The van der Waals surface area contributed by atoms with E-state index in [9.17, 15) is 14.7 Å². The van der Waals surface area contributed by atoms with Crippen molar-refractivity contribution in [2.24, 2.45) is 0 Å². The number of methoxy groups -OCH3 is 2. The summed E-state index contributed by atoms with van der Waals surface area (Å²) in [7, 11) is 2.67. The van der Waals surface area contributed by atoms with Crippen molar-refractivity contribution >= 4 is 40.9 Å². The zero-order valence-corrected chi connectivity index (χ0v) is 16.0. The van der Waals surface area contributed by atoms with Crippen molar-refractivity contribution in [3.8, 4) is 5.75 Å². The molecule has 2 rings (SSSR count). The average molecular weight is 413 g/mol. The van der Waals surface area contributed by atoms with Crippen molar-refractivity contribution in [3.63, 3.8) is 0 Å². The number of aliphatic hydroxyl groups is 1. The molecule has 0 aliphatic rings. The molecule has 0 aliphatic carbocycles. The number of aliphatic hydroxyl groups excluding tert-OH is 1. The molecule has 27 heavy (non-hydrogen) atoms. The molecule has 0 aromatic heterocycles. The predicted octanol–water partition coefficient (Wildman–Crippen LogP) is 3.40. The summed E-state index contributed by atoms with van der Waals surface area (Å²) in [6, 6.07) is 8.88. The van der Waals surface area contributed by atoms with Crippen molar-refractivity contribution < 1.29 is 24.2 Å². The van der Waals surface area contributed by atoms with Gasteiger partial charge in [0.25, 0.3) is 0 Å². The van der Waals surface area contributed by atoms with Gasteiger partial charge in [0.15, 0.2) is 6.04 Å². The Kier molecular flexibility index (Phi) is 7.29. The number of esters is 1. The molecule has 2 aromatic rings. The molecule has 0 saturated carbocycles. The number of hydrogen-bond donors (Lipinski definition) is 3. The van der Waals surface area contributed by atoms with Crippen molar-refractivity contribution in [2.75, 3.05) is 19.5 Å². The Morgan fingerprint density at radius 3 is 2.26 bits per heavy atom. The topological polar surface area (TPSA) is 96.9 Å². The average Bonchev–Trinajstić information content (AvgIpc) is 2.68. The fraction of sp³-hybridized carbons (Fsp3) is 0.222. The first kappa shape index (κ1) is 20.8. The van der Waals surface area contributed by atoms with Crippen LogP contribution in [0.4, 0.5) is 10.5 Å². The minimum atomic E-state index is -1.33. The van der Waals surface area contributed by atoms with Crippen molar-refractivity contribution in [2.45, 2.75) is 12.1 Å². The molecule has 0 saturated heterocycles. The molecule has 7 nitrogen and oxygen atoms in total. The molecule has 2 atom stereocenters. The molecule has 2 amide bonds. The van der Waals surface area contributed by atoms with Gasteiger partial charge in [0.1, 0.15) is 11.9 Å². The van der Waals surface area contributed by atoms with Gasteiger partial charge in [-0.1, -0.05) is 35.3 Å². The summed E-state index contributed by atoms with van der Waals surface area (Å²) in [6.07, 6.45) is -1.33. The van der Waals surface area contributed by atoms with E-state index in [0.717, 1.165) is 7.11 Å². The Balaban J connectivity index is 2.13. The second kappa shape index (κ2) is 9.45. The van der Waals surface area contributed by atoms with Crippen LogP contribution in [-0.2, 0) is 9.53 Å². The van der Waals surface area contributed by atoms with Gasteiger partial charge in [0.2, 0.25) is 0 Å². The van der Waals surface area contributed by atoms with E-state index in [1.807, 2.05) is 0 Å². The third kappa shape index (κ3) is 5.50. The van der Waals surface area contributed by atoms with Gasteiger partial charge in [-0.15, -0.1) is 0 Å². The molecule has 0 heterocycles. The van der Waals surface area contributed by atoms with Gasteiger partial charge in [-0.2, -0.15) is 0 Å². The maximum atomic E-state index is 12.2. The maximum absolute atomic E-state index is 12.2. The first-order chi connectivity index (χ1) is 12.8. The number of nitrogens with one attached hydrogen (secondary N) is 2. The van der Waals surface area contributed by atoms with E-state index in [2.05, 4.69) is 15.4 Å². The smallest absolute Gasteiger partial charge is 0.331 e. The largest absolute Gasteiger partial charge is 0.497 e. The lowest BCUT2D eigenvalue weighted by atomic mass is 10.0. The lowest BCUT2D eigenvalue weighted by Crippen LogP contribution is -2.47. The van der Waals surface area contributed by atoms with Gasteiger partial charge in [0, 0.05) is 5.69 Å². The molecule has 0 bridgehead atoms. The van der Waals surface area contributed by atoms with Crippen molar-refractivity contribution in [3.05, 3.63) is 58.1 Å². The Hall–Kier alpha value is -2.48. The molecule has 0 radical (unpaired) electrons. The number of rotatable bonds is 6. The molecule has 144 valence electrons. The summed E-state index contributed by atoms with van der Waals surface area (Å²) in [6.45, 7) is 0. The molecule has 3 N–H and O–H groups in total. The number of anilines is 1. The SMILES string of the molecule is COC(=O)C(NC(=O)Nc1ccc(Cl)c(Cl)c1)C(O)c1ccc(OC)cc1. The number of urea groups is 1. The summed E-state index contributed by atoms with van der Waals surface area (Å²) in [5.74, 6) is -0.214. The third-order valence-corrected chi connectivity index (χ3v) is 4.43. The van der Waals surface area contributed by atoms with Crippen LogP contribution >= 0.6 is 23.2 Å². The maximum Gasteiger partial charge on any atom is 0.331 e. The minimum Gasteiger partial charge on any atom is -0.497 e. The second-order valence-corrected chi connectivity index (χ2v) is 6.26. The van der Waals surface area contributed by atoms with Crippen molar-refractivity contribution in [1.82, 2.24) is 5.32 Å². The number of amides is 2. The molecular weight excluding hydrogens is 395 g/mol. The zero-order chi connectivity index (χ0) is 20.0. The fourth-order valence-corrected chi connectivity index (χ4v) is 2.57. The van der Waals surface area contributed by atoms with Crippen LogP contribution in [0.15, 0.2) is 42.5 Å². The normalized spacial score (nSPS) is 12.6. The monoisotopic (exact) mass is 412 g/mol. The van der Waals surface area contributed by atoms with E-state index in [4.69, 9.17) is 27.9 Å². The first-order valence-corrected chi connectivity index (χ1v) is 8.53. The van der Waals surface area contributed by atoms with E-state index >= 15 is 0 Å². The summed E-state index contributed by atoms with van der Waals surface area (Å²) < 4.78 is 9.73. The van der Waals surface area contributed by atoms with E-state index in [0.29, 0.717) is 22.0 Å². The van der Waals surface area contributed by atoms with E-state index in [-0.39, 0.29) is 5.02 Å². The van der Waals surface area contributed by atoms with Gasteiger partial charge in [-0.05, 0) is 35.9 Å². The summed E-state index contributed by atoms with van der Waals surface area (Å²) in [5.41, 5.74) is 0.769. The van der Waals surface area contributed by atoms with Crippen LogP contribution < -0.4 is 15.4 Å². The summed E-state index contributed by atoms with van der Waals surface area (Å²) in [5, 5.41) is 16.0. The van der Waals surface area contributed by atoms with Crippen LogP contribution in [-0.4, -0.2) is 37.4 Å². The standard InChI is InChI=1S/C18H18Cl2N2O5/c1-26-12-6-3-10(4-7-12)16(23)15(17(24)27-2)22-18(25)21-11-5-8-13(19)14(20)9-11/h3-9,15-16,23H,1-2H3,(H2,21,22,25). The molecule has 0 spiro atoms. The molecule has 0 fully saturated rings. The number of carbonyl (C=O) groups is 2. The van der Waals surface area contributed by atoms with E-state index in [1.165, 1.54) is 19.2 Å². The van der Waals surface area contributed by atoms with Crippen LogP contribution in [0.3, 0.4) is 0 Å². The van der Waals surface area contributed by atoms with Crippen molar-refractivity contribution in [1.29, 1.82) is 0 Å². The summed E-state index contributed by atoms with van der Waals surface area (Å²) >= 11 is 11.7. The Morgan fingerprint density at radius 1 is 1.04 bits per heavy atom. The number of carbonyl (C=O) groups excluding carboxylic acids is 2. The van der Waals surface area contributed by atoms with Crippen LogP contribution in [0, 0.1) is 0 Å². The van der Waals surface area contributed by atoms with E-state index < -0.39 is 24.1 Å². The predicted molar refractivity (Wildman–Crippen MR) is 102 cm³/mol. The Bertz CT molecular complexity index is 814. The highest BCUT2D eigenvalue weighted by atomic mass is 35.5. The highest BCUT2D eigenvalue weighted by molar-refractivity contribution is 6.42. The molecule has 2 unspecified atom stereocenters. The molecule has 0 aliphatic heterocycles. The van der Waals surface area contributed by atoms with Gasteiger partial charge >= 0.3 is 12.0 Å². The van der Waals surface area contributed by atoms with Crippen LogP contribution in [0.25, 0.3) is 0 Å². The minimum absolute atomic E-state index is 0.261. The van der Waals surface area contributed by atoms with Gasteiger partial charge in [-0.25, -0.2) is 9.59 Å². The van der Waals surface area contributed by atoms with Crippen LogP contribution in [0.5, 0.6) is 5.75 Å².